The SMILES string of the molecule is CC(=O)N1CCN(C(C)Nc2ncc3ccc(=O)n(C)c3n2)CC1. The number of carbonyl (C=O) groups excluding carboxylic acids is 1. The number of pyridine rings is 1. The Balaban J connectivity index is 1.72. The second-order valence-corrected chi connectivity index (χ2v) is 6.07. The van der Waals surface area contributed by atoms with Gasteiger partial charge in [-0.15, -0.1) is 0 Å². The fourth-order valence-electron chi connectivity index (χ4n) is 2.92. The van der Waals surface area contributed by atoms with Gasteiger partial charge in [-0.05, 0) is 13.0 Å². The highest BCUT2D eigenvalue weighted by molar-refractivity contribution is 5.75. The van der Waals surface area contributed by atoms with Crippen LogP contribution in [-0.4, -0.2) is 62.6 Å². The van der Waals surface area contributed by atoms with Gasteiger partial charge in [0.2, 0.25) is 11.9 Å². The van der Waals surface area contributed by atoms with Crippen LogP contribution in [0.3, 0.4) is 0 Å². The number of nitrogens with one attached hydrogen (secondary N) is 1. The molecule has 8 nitrogen and oxygen atoms in total. The van der Waals surface area contributed by atoms with Crippen LogP contribution in [0.2, 0.25) is 0 Å². The summed E-state index contributed by atoms with van der Waals surface area (Å²) in [6.45, 7) is 6.72. The highest BCUT2D eigenvalue weighted by Crippen LogP contribution is 2.12. The summed E-state index contributed by atoms with van der Waals surface area (Å²) in [5, 5.41) is 4.10. The summed E-state index contributed by atoms with van der Waals surface area (Å²) >= 11 is 0. The van der Waals surface area contributed by atoms with E-state index in [4.69, 9.17) is 0 Å². The lowest BCUT2D eigenvalue weighted by Crippen LogP contribution is -2.52. The zero-order valence-electron chi connectivity index (χ0n) is 14.2. The largest absolute Gasteiger partial charge is 0.340 e. The van der Waals surface area contributed by atoms with Crippen molar-refractivity contribution in [2.45, 2.75) is 20.0 Å². The molecule has 0 aliphatic carbocycles. The van der Waals surface area contributed by atoms with Crippen molar-refractivity contribution >= 4 is 22.9 Å². The maximum Gasteiger partial charge on any atom is 0.251 e. The zero-order chi connectivity index (χ0) is 17.3. The number of aryl methyl sites for hydroxylation is 1. The van der Waals surface area contributed by atoms with Crippen LogP contribution in [0.5, 0.6) is 0 Å². The molecule has 8 heteroatoms. The Kier molecular flexibility index (Phi) is 4.48. The molecule has 1 amide bonds. The van der Waals surface area contributed by atoms with Crippen molar-refractivity contribution in [2.75, 3.05) is 31.5 Å². The highest BCUT2D eigenvalue weighted by atomic mass is 16.2. The molecular weight excluding hydrogens is 308 g/mol. The van der Waals surface area contributed by atoms with E-state index in [1.807, 2.05) is 11.8 Å². The van der Waals surface area contributed by atoms with Gasteiger partial charge in [-0.3, -0.25) is 19.1 Å². The van der Waals surface area contributed by atoms with Crippen molar-refractivity contribution in [3.05, 3.63) is 28.7 Å². The van der Waals surface area contributed by atoms with Crippen molar-refractivity contribution in [1.29, 1.82) is 0 Å². The Morgan fingerprint density at radius 1 is 1.25 bits per heavy atom. The fraction of sp³-hybridized carbons (Fsp3) is 0.500. The molecule has 1 unspecified atom stereocenters. The van der Waals surface area contributed by atoms with Gasteiger partial charge < -0.3 is 10.2 Å². The van der Waals surface area contributed by atoms with E-state index in [9.17, 15) is 9.59 Å². The molecule has 1 aliphatic rings. The summed E-state index contributed by atoms with van der Waals surface area (Å²) in [5.41, 5.74) is 0.508. The number of piperazine rings is 1. The number of fused-ring (bicyclic) bond motifs is 1. The van der Waals surface area contributed by atoms with Crippen molar-refractivity contribution in [3.63, 3.8) is 0 Å². The molecule has 24 heavy (non-hydrogen) atoms. The molecule has 1 fully saturated rings. The van der Waals surface area contributed by atoms with E-state index in [1.165, 1.54) is 10.6 Å². The summed E-state index contributed by atoms with van der Waals surface area (Å²) < 4.78 is 1.51. The topological polar surface area (TPSA) is 83.4 Å². The van der Waals surface area contributed by atoms with Crippen molar-refractivity contribution in [2.24, 2.45) is 7.05 Å². The predicted octanol–water partition coefficient (Wildman–Crippen LogP) is 0.251. The molecule has 1 N–H and O–H groups in total. The van der Waals surface area contributed by atoms with Gasteiger partial charge in [0.1, 0.15) is 5.65 Å². The maximum atomic E-state index is 11.7. The van der Waals surface area contributed by atoms with Gasteiger partial charge in [0.25, 0.3) is 5.56 Å². The van der Waals surface area contributed by atoms with Gasteiger partial charge in [-0.2, -0.15) is 4.98 Å². The van der Waals surface area contributed by atoms with E-state index in [0.29, 0.717) is 11.6 Å². The number of carbonyl (C=O) groups is 1. The molecule has 1 saturated heterocycles. The minimum atomic E-state index is -0.0967. The number of rotatable bonds is 3. The molecule has 1 aliphatic heterocycles. The van der Waals surface area contributed by atoms with E-state index in [2.05, 4.69) is 20.2 Å². The van der Waals surface area contributed by atoms with Crippen molar-refractivity contribution in [3.8, 4) is 0 Å². The smallest absolute Gasteiger partial charge is 0.251 e. The first kappa shape index (κ1) is 16.4. The quantitative estimate of drug-likeness (QED) is 0.869. The number of hydrogen-bond acceptors (Lipinski definition) is 6. The molecule has 0 bridgehead atoms. The molecule has 2 aromatic heterocycles. The molecule has 3 rings (SSSR count). The summed E-state index contributed by atoms with van der Waals surface area (Å²) in [5.74, 6) is 0.610. The predicted molar refractivity (Wildman–Crippen MR) is 91.7 cm³/mol. The highest BCUT2D eigenvalue weighted by Gasteiger charge is 2.22. The lowest BCUT2D eigenvalue weighted by molar-refractivity contribution is -0.130. The molecule has 0 aromatic carbocycles. The second kappa shape index (κ2) is 6.56. The third-order valence-electron chi connectivity index (χ3n) is 4.49. The van der Waals surface area contributed by atoms with Gasteiger partial charge in [-0.1, -0.05) is 0 Å². The molecule has 2 aromatic rings. The number of nitrogens with zero attached hydrogens (tertiary/aromatic N) is 5. The first-order valence-corrected chi connectivity index (χ1v) is 8.04. The summed E-state index contributed by atoms with van der Waals surface area (Å²) in [6.07, 6.45) is 1.75. The Hall–Kier alpha value is -2.48. The minimum absolute atomic E-state index is 0.0392. The molecule has 3 heterocycles. The van der Waals surface area contributed by atoms with Crippen molar-refractivity contribution < 1.29 is 4.79 Å². The summed E-state index contributed by atoms with van der Waals surface area (Å²) in [6, 6.07) is 3.24. The molecule has 1 atom stereocenters. The first-order chi connectivity index (χ1) is 11.5. The Bertz CT molecular complexity index is 810. The molecule has 128 valence electrons. The van der Waals surface area contributed by atoms with Gasteiger partial charge >= 0.3 is 0 Å². The average molecular weight is 330 g/mol. The van der Waals surface area contributed by atoms with Crippen LogP contribution >= 0.6 is 0 Å². The molecule has 0 radical (unpaired) electrons. The van der Waals surface area contributed by atoms with Crippen LogP contribution in [0, 0.1) is 0 Å². The number of anilines is 1. The lowest BCUT2D eigenvalue weighted by atomic mass is 10.3. The maximum absolute atomic E-state index is 11.7. The molecule has 0 saturated carbocycles. The third kappa shape index (κ3) is 3.23. The van der Waals surface area contributed by atoms with E-state index in [0.717, 1.165) is 31.6 Å². The van der Waals surface area contributed by atoms with Gasteiger partial charge in [0, 0.05) is 57.8 Å². The summed E-state index contributed by atoms with van der Waals surface area (Å²) in [4.78, 5) is 36.0. The summed E-state index contributed by atoms with van der Waals surface area (Å²) in [7, 11) is 1.70. The van der Waals surface area contributed by atoms with Crippen molar-refractivity contribution in [1.82, 2.24) is 24.3 Å². The third-order valence-corrected chi connectivity index (χ3v) is 4.49. The zero-order valence-corrected chi connectivity index (χ0v) is 14.2. The van der Waals surface area contributed by atoms with Crippen LogP contribution in [0.4, 0.5) is 5.95 Å². The lowest BCUT2D eigenvalue weighted by Gasteiger charge is -2.37. The van der Waals surface area contributed by atoms with Gasteiger partial charge in [0.05, 0.1) is 6.17 Å². The van der Waals surface area contributed by atoms with Crippen LogP contribution in [0.1, 0.15) is 13.8 Å². The first-order valence-electron chi connectivity index (χ1n) is 8.04. The number of aromatic nitrogens is 3. The van der Waals surface area contributed by atoms with E-state index in [1.54, 1.807) is 26.2 Å². The monoisotopic (exact) mass is 330 g/mol. The standard InChI is InChI=1S/C16H22N6O2/c1-11(21-6-8-22(9-7-21)12(2)23)18-16-17-10-13-4-5-14(24)20(3)15(13)19-16/h4-5,10-11H,6-9H2,1-3H3,(H,17,18,19). The second-order valence-electron chi connectivity index (χ2n) is 6.07. The van der Waals surface area contributed by atoms with E-state index in [-0.39, 0.29) is 17.6 Å². The van der Waals surface area contributed by atoms with Gasteiger partial charge in [-0.25, -0.2) is 4.98 Å². The van der Waals surface area contributed by atoms with Gasteiger partial charge in [0.15, 0.2) is 0 Å². The molecular formula is C16H22N6O2. The number of hydrogen-bond donors (Lipinski definition) is 1. The van der Waals surface area contributed by atoms with E-state index >= 15 is 0 Å². The van der Waals surface area contributed by atoms with Crippen LogP contribution in [-0.2, 0) is 11.8 Å². The van der Waals surface area contributed by atoms with Crippen LogP contribution < -0.4 is 10.9 Å². The Morgan fingerprint density at radius 3 is 2.62 bits per heavy atom. The molecule has 0 spiro atoms. The number of amides is 1. The Labute approximate surface area is 140 Å². The van der Waals surface area contributed by atoms with Crippen LogP contribution in [0.15, 0.2) is 23.1 Å². The normalized spacial score (nSPS) is 17.0. The average Bonchev–Trinajstić information content (AvgIpc) is 2.58. The van der Waals surface area contributed by atoms with Crippen LogP contribution in [0.25, 0.3) is 11.0 Å². The fourth-order valence-corrected chi connectivity index (χ4v) is 2.92. The Morgan fingerprint density at radius 2 is 1.96 bits per heavy atom. The minimum Gasteiger partial charge on any atom is -0.340 e. The van der Waals surface area contributed by atoms with E-state index < -0.39 is 0 Å².